The number of amides is 1. The molecule has 0 fully saturated rings. The van der Waals surface area contributed by atoms with Gasteiger partial charge in [-0.05, 0) is 30.3 Å². The molecule has 0 atom stereocenters. The summed E-state index contributed by atoms with van der Waals surface area (Å²) in [5.74, 6) is -2.19. The van der Waals surface area contributed by atoms with Gasteiger partial charge in [-0.2, -0.15) is 13.2 Å². The van der Waals surface area contributed by atoms with Gasteiger partial charge in [0.15, 0.2) is 0 Å². The van der Waals surface area contributed by atoms with E-state index >= 15 is 0 Å². The van der Waals surface area contributed by atoms with Crippen LogP contribution in [0.1, 0.15) is 26.3 Å². The van der Waals surface area contributed by atoms with Crippen molar-refractivity contribution in [1.29, 1.82) is 0 Å². The van der Waals surface area contributed by atoms with Crippen molar-refractivity contribution in [2.24, 2.45) is 0 Å². The Morgan fingerprint density at radius 2 is 1.77 bits per heavy atom. The second-order valence-corrected chi connectivity index (χ2v) is 7.50. The fourth-order valence-corrected chi connectivity index (χ4v) is 3.14. The molecule has 0 aliphatic rings. The van der Waals surface area contributed by atoms with Crippen molar-refractivity contribution in [3.63, 3.8) is 0 Å². The van der Waals surface area contributed by atoms with Crippen LogP contribution in [0, 0.1) is 10.1 Å². The summed E-state index contributed by atoms with van der Waals surface area (Å²) in [6, 6.07) is 7.52. The van der Waals surface area contributed by atoms with E-state index in [4.69, 9.17) is 32.7 Å². The minimum Gasteiger partial charge on any atom is -0.465 e. The first-order valence-electron chi connectivity index (χ1n) is 9.29. The molecule has 0 spiro atoms. The molecule has 182 valence electrons. The van der Waals surface area contributed by atoms with Gasteiger partial charge in [0, 0.05) is 18.3 Å². The van der Waals surface area contributed by atoms with E-state index in [1.165, 1.54) is 18.2 Å². The summed E-state index contributed by atoms with van der Waals surface area (Å²) in [4.78, 5) is 38.8. The number of pyridine rings is 1. The summed E-state index contributed by atoms with van der Waals surface area (Å²) < 4.78 is 48.5. The smallest absolute Gasteiger partial charge is 0.417 e. The maximum atomic E-state index is 12.8. The number of esters is 1. The largest absolute Gasteiger partial charge is 0.465 e. The first-order chi connectivity index (χ1) is 16.4. The van der Waals surface area contributed by atoms with Gasteiger partial charge in [-0.15, -0.1) is 0 Å². The van der Waals surface area contributed by atoms with Crippen molar-refractivity contribution in [2.75, 3.05) is 12.4 Å². The highest BCUT2D eigenvalue weighted by atomic mass is 35.5. The second kappa shape index (κ2) is 10.2. The molecule has 0 aliphatic heterocycles. The molecule has 2 aromatic carbocycles. The fraction of sp³-hybridized carbons (Fsp3) is 0.0952. The van der Waals surface area contributed by atoms with Crippen LogP contribution in [-0.2, 0) is 10.9 Å². The van der Waals surface area contributed by atoms with E-state index in [-0.39, 0.29) is 39.2 Å². The average Bonchev–Trinajstić information content (AvgIpc) is 2.80. The molecule has 0 saturated heterocycles. The summed E-state index contributed by atoms with van der Waals surface area (Å²) in [6.45, 7) is 0. The number of aromatic nitrogens is 1. The summed E-state index contributed by atoms with van der Waals surface area (Å²) in [7, 11) is 1.08. The number of hydrogen-bond acceptors (Lipinski definition) is 7. The van der Waals surface area contributed by atoms with E-state index < -0.39 is 33.6 Å². The maximum absolute atomic E-state index is 12.8. The molecule has 3 aromatic rings. The summed E-state index contributed by atoms with van der Waals surface area (Å²) >= 11 is 11.8. The van der Waals surface area contributed by atoms with Crippen LogP contribution in [0.4, 0.5) is 24.5 Å². The number of non-ortho nitro benzene ring substituents is 1. The summed E-state index contributed by atoms with van der Waals surface area (Å²) in [5, 5.41) is 12.9. The molecule has 1 heterocycles. The zero-order chi connectivity index (χ0) is 25.9. The summed E-state index contributed by atoms with van der Waals surface area (Å²) in [6.07, 6.45) is -4.13. The highest BCUT2D eigenvalue weighted by Crippen LogP contribution is 2.35. The Morgan fingerprint density at radius 1 is 1.06 bits per heavy atom. The SMILES string of the molecule is COC(=O)c1cc(Oc2ncc(C(F)(F)F)cc2Cl)ccc1NC(=O)c1cc([N+](=O)[O-])ccc1Cl. The van der Waals surface area contributed by atoms with Gasteiger partial charge in [-0.25, -0.2) is 9.78 Å². The fourth-order valence-electron chi connectivity index (χ4n) is 2.73. The number of nitrogens with zero attached hydrogens (tertiary/aromatic N) is 2. The van der Waals surface area contributed by atoms with E-state index in [0.717, 1.165) is 25.3 Å². The van der Waals surface area contributed by atoms with Crippen molar-refractivity contribution < 1.29 is 37.2 Å². The molecule has 14 heteroatoms. The lowest BCUT2D eigenvalue weighted by atomic mass is 10.1. The van der Waals surface area contributed by atoms with Crippen LogP contribution in [-0.4, -0.2) is 28.9 Å². The molecule has 0 radical (unpaired) electrons. The van der Waals surface area contributed by atoms with Gasteiger partial charge in [0.25, 0.3) is 11.6 Å². The van der Waals surface area contributed by atoms with Crippen molar-refractivity contribution in [3.05, 3.63) is 85.5 Å². The van der Waals surface area contributed by atoms with Crippen LogP contribution in [0.15, 0.2) is 48.7 Å². The predicted octanol–water partition coefficient (Wildman–Crippen LogP) is 6.15. The van der Waals surface area contributed by atoms with Gasteiger partial charge < -0.3 is 14.8 Å². The number of halogens is 5. The van der Waals surface area contributed by atoms with E-state index in [1.54, 1.807) is 0 Å². The molecular weight excluding hydrogens is 518 g/mol. The molecular formula is C21H12Cl2F3N3O6. The quantitative estimate of drug-likeness (QED) is 0.231. The lowest BCUT2D eigenvalue weighted by Gasteiger charge is -2.14. The third-order valence-electron chi connectivity index (χ3n) is 4.40. The maximum Gasteiger partial charge on any atom is 0.417 e. The molecule has 1 aromatic heterocycles. The standard InChI is InChI=1S/C21H12Cl2F3N3O6/c1-34-20(31)14-8-12(35-19-16(23)6-10(9-27-19)21(24,25)26)3-5-17(14)28-18(30)13-7-11(29(32)33)2-4-15(13)22/h2-9H,1H3,(H,28,30). The van der Waals surface area contributed by atoms with E-state index in [9.17, 15) is 32.9 Å². The first kappa shape index (κ1) is 25.7. The topological polar surface area (TPSA) is 121 Å². The highest BCUT2D eigenvalue weighted by molar-refractivity contribution is 6.34. The number of methoxy groups -OCH3 is 1. The predicted molar refractivity (Wildman–Crippen MR) is 118 cm³/mol. The Morgan fingerprint density at radius 3 is 2.37 bits per heavy atom. The monoisotopic (exact) mass is 529 g/mol. The van der Waals surface area contributed by atoms with E-state index in [2.05, 4.69) is 10.3 Å². The number of nitro benzene ring substituents is 1. The Hall–Kier alpha value is -3.90. The Bertz CT molecular complexity index is 1330. The van der Waals surface area contributed by atoms with Crippen LogP contribution in [0.3, 0.4) is 0 Å². The van der Waals surface area contributed by atoms with Crippen molar-refractivity contribution in [3.8, 4) is 11.6 Å². The van der Waals surface area contributed by atoms with Crippen LogP contribution in [0.2, 0.25) is 10.0 Å². The molecule has 0 saturated carbocycles. The Kier molecular flexibility index (Phi) is 7.46. The average molecular weight is 530 g/mol. The number of nitro groups is 1. The van der Waals surface area contributed by atoms with Gasteiger partial charge in [-0.1, -0.05) is 23.2 Å². The highest BCUT2D eigenvalue weighted by Gasteiger charge is 2.32. The number of nitrogens with one attached hydrogen (secondary N) is 1. The second-order valence-electron chi connectivity index (χ2n) is 6.69. The third-order valence-corrected chi connectivity index (χ3v) is 5.00. The number of rotatable bonds is 6. The van der Waals surface area contributed by atoms with Gasteiger partial charge in [0.2, 0.25) is 5.88 Å². The van der Waals surface area contributed by atoms with Crippen molar-refractivity contribution in [2.45, 2.75) is 6.18 Å². The number of ether oxygens (including phenoxy) is 2. The number of alkyl halides is 3. The van der Waals surface area contributed by atoms with Crippen LogP contribution >= 0.6 is 23.2 Å². The molecule has 35 heavy (non-hydrogen) atoms. The Balaban J connectivity index is 1.91. The van der Waals surface area contributed by atoms with Crippen LogP contribution in [0.5, 0.6) is 11.6 Å². The van der Waals surface area contributed by atoms with E-state index in [1.807, 2.05) is 0 Å². The first-order valence-corrected chi connectivity index (χ1v) is 10.0. The number of carbonyl (C=O) groups is 2. The number of hydrogen-bond donors (Lipinski definition) is 1. The van der Waals surface area contributed by atoms with Gasteiger partial charge >= 0.3 is 12.1 Å². The molecule has 1 amide bonds. The zero-order valence-corrected chi connectivity index (χ0v) is 18.9. The number of benzene rings is 2. The molecule has 0 bridgehead atoms. The lowest BCUT2D eigenvalue weighted by Crippen LogP contribution is -2.16. The molecule has 0 unspecified atom stereocenters. The van der Waals surface area contributed by atoms with Crippen molar-refractivity contribution in [1.82, 2.24) is 4.98 Å². The molecule has 9 nitrogen and oxygen atoms in total. The lowest BCUT2D eigenvalue weighted by molar-refractivity contribution is -0.384. The normalized spacial score (nSPS) is 11.0. The molecule has 1 N–H and O–H groups in total. The summed E-state index contributed by atoms with van der Waals surface area (Å²) in [5.41, 5.74) is -1.95. The number of anilines is 1. The van der Waals surface area contributed by atoms with E-state index in [0.29, 0.717) is 12.3 Å². The minimum atomic E-state index is -4.66. The third kappa shape index (κ3) is 5.97. The molecule has 0 aliphatic carbocycles. The van der Waals surface area contributed by atoms with Gasteiger partial charge in [0.05, 0.1) is 39.4 Å². The molecule has 3 rings (SSSR count). The Labute approximate surface area is 204 Å². The van der Waals surface area contributed by atoms with Crippen molar-refractivity contribution >= 4 is 46.5 Å². The van der Waals surface area contributed by atoms with Gasteiger partial charge in [0.1, 0.15) is 10.8 Å². The van der Waals surface area contributed by atoms with Gasteiger partial charge in [-0.3, -0.25) is 14.9 Å². The minimum absolute atomic E-state index is 0.0639. The van der Waals surface area contributed by atoms with Crippen LogP contribution in [0.25, 0.3) is 0 Å². The van der Waals surface area contributed by atoms with Crippen LogP contribution < -0.4 is 10.1 Å². The number of carbonyl (C=O) groups excluding carboxylic acids is 2. The zero-order valence-electron chi connectivity index (χ0n) is 17.4.